The molecule has 0 aliphatic heterocycles. The third-order valence-electron chi connectivity index (χ3n) is 1.20. The van der Waals surface area contributed by atoms with Crippen LogP contribution in [0.15, 0.2) is 0 Å². The molecule has 12 heavy (non-hydrogen) atoms. The molecule has 0 rings (SSSR count). The van der Waals surface area contributed by atoms with Gasteiger partial charge in [0.15, 0.2) is 0 Å². The summed E-state index contributed by atoms with van der Waals surface area (Å²) in [5.41, 5.74) is 5.13. The summed E-state index contributed by atoms with van der Waals surface area (Å²) in [5, 5.41) is 10.7. The number of nitrogens with two attached hydrogens (primary N) is 1. The lowest BCUT2D eigenvalue weighted by molar-refractivity contribution is -0.138. The fourth-order valence-corrected chi connectivity index (χ4v) is 0.443. The summed E-state index contributed by atoms with van der Waals surface area (Å²) < 4.78 is 0. The van der Waals surface area contributed by atoms with E-state index in [4.69, 9.17) is 10.8 Å². The summed E-state index contributed by atoms with van der Waals surface area (Å²) in [6.45, 7) is -0.0631. The first-order valence-corrected chi connectivity index (χ1v) is 3.38. The lowest BCUT2D eigenvalue weighted by atomic mass is 10.3. The van der Waals surface area contributed by atoms with E-state index in [-0.39, 0.29) is 12.6 Å². The van der Waals surface area contributed by atoms with Gasteiger partial charge in [0, 0.05) is 20.6 Å². The van der Waals surface area contributed by atoms with Crippen LogP contribution in [0.1, 0.15) is 0 Å². The number of nitrogens with one attached hydrogen (secondary N) is 1. The lowest BCUT2D eigenvalue weighted by Gasteiger charge is -2.13. The molecule has 0 aromatic carbocycles. The second kappa shape index (κ2) is 4.55. The van der Waals surface area contributed by atoms with Crippen molar-refractivity contribution >= 4 is 12.0 Å². The number of carbonyl (C=O) groups excluding carboxylic acids is 1. The smallest absolute Gasteiger partial charge is 0.322 e. The van der Waals surface area contributed by atoms with Crippen molar-refractivity contribution in [1.29, 1.82) is 0 Å². The maximum atomic E-state index is 10.8. The molecule has 4 N–H and O–H groups in total. The Morgan fingerprint density at radius 1 is 1.58 bits per heavy atom. The first kappa shape index (κ1) is 10.7. The van der Waals surface area contributed by atoms with Crippen molar-refractivity contribution in [3.63, 3.8) is 0 Å². The van der Waals surface area contributed by atoms with Crippen LogP contribution in [-0.4, -0.2) is 48.7 Å². The number of amides is 2. The molecule has 0 aromatic rings. The molecule has 0 aromatic heterocycles. The Bertz CT molecular complexity index is 181. The molecule has 6 heteroatoms. The molecule has 0 heterocycles. The summed E-state index contributed by atoms with van der Waals surface area (Å²) in [5.74, 6) is -1.13. The van der Waals surface area contributed by atoms with Gasteiger partial charge in [0.1, 0.15) is 6.04 Å². The van der Waals surface area contributed by atoms with Crippen LogP contribution in [0.4, 0.5) is 4.79 Å². The zero-order chi connectivity index (χ0) is 9.72. The Balaban J connectivity index is 3.69. The number of urea groups is 1. The minimum atomic E-state index is -1.13. The number of carboxylic acid groups (broad SMARTS) is 1. The number of carboxylic acids is 1. The number of nitrogens with zero attached hydrogens (tertiary/aromatic N) is 1. The summed E-state index contributed by atoms with van der Waals surface area (Å²) in [6.07, 6.45) is 0. The van der Waals surface area contributed by atoms with Crippen LogP contribution in [-0.2, 0) is 4.79 Å². The standard InChI is InChI=1S/C6H13N3O3/c1-9(2)6(12)8-3-4(7)5(10)11/h4H,3,7H2,1-2H3,(H,8,12)(H,10,11). The molecule has 0 aliphatic rings. The number of carbonyl (C=O) groups is 2. The molecule has 0 fully saturated rings. The topological polar surface area (TPSA) is 95.7 Å². The van der Waals surface area contributed by atoms with Crippen molar-refractivity contribution in [3.05, 3.63) is 0 Å². The number of hydrogen-bond acceptors (Lipinski definition) is 3. The highest BCUT2D eigenvalue weighted by Gasteiger charge is 2.12. The minimum Gasteiger partial charge on any atom is -0.480 e. The van der Waals surface area contributed by atoms with Crippen LogP contribution in [0, 0.1) is 0 Å². The average molecular weight is 175 g/mol. The monoisotopic (exact) mass is 175 g/mol. The van der Waals surface area contributed by atoms with Gasteiger partial charge >= 0.3 is 12.0 Å². The molecule has 0 saturated heterocycles. The Hall–Kier alpha value is -1.30. The summed E-state index contributed by atoms with van der Waals surface area (Å²) in [4.78, 5) is 22.3. The second-order valence-corrected chi connectivity index (χ2v) is 2.53. The normalized spacial score (nSPS) is 11.9. The molecule has 6 nitrogen and oxygen atoms in total. The Morgan fingerprint density at radius 2 is 2.08 bits per heavy atom. The quantitative estimate of drug-likeness (QED) is 0.495. The van der Waals surface area contributed by atoms with Gasteiger partial charge in [0.25, 0.3) is 0 Å². The van der Waals surface area contributed by atoms with Crippen LogP contribution >= 0.6 is 0 Å². The van der Waals surface area contributed by atoms with Crippen LogP contribution in [0.3, 0.4) is 0 Å². The molecule has 2 amide bonds. The minimum absolute atomic E-state index is 0.0631. The van der Waals surface area contributed by atoms with Crippen molar-refractivity contribution in [2.45, 2.75) is 6.04 Å². The first-order chi connectivity index (χ1) is 5.45. The van der Waals surface area contributed by atoms with Gasteiger partial charge in [-0.3, -0.25) is 4.79 Å². The molecule has 0 bridgehead atoms. The van der Waals surface area contributed by atoms with Crippen LogP contribution in [0.25, 0.3) is 0 Å². The molecule has 0 spiro atoms. The predicted octanol–water partition coefficient (Wildman–Crippen LogP) is -1.33. The van der Waals surface area contributed by atoms with Gasteiger partial charge < -0.3 is 21.1 Å². The maximum Gasteiger partial charge on any atom is 0.322 e. The molecule has 1 atom stereocenters. The van der Waals surface area contributed by atoms with Crippen molar-refractivity contribution in [3.8, 4) is 0 Å². The average Bonchev–Trinajstić information content (AvgIpc) is 1.98. The Morgan fingerprint density at radius 3 is 2.42 bits per heavy atom. The van der Waals surface area contributed by atoms with E-state index in [1.807, 2.05) is 0 Å². The largest absolute Gasteiger partial charge is 0.480 e. The fraction of sp³-hybridized carbons (Fsp3) is 0.667. The van der Waals surface area contributed by atoms with Crippen LogP contribution in [0.5, 0.6) is 0 Å². The molecule has 70 valence electrons. The molecular weight excluding hydrogens is 162 g/mol. The number of hydrogen-bond donors (Lipinski definition) is 3. The van der Waals surface area contributed by atoms with Crippen molar-refractivity contribution in [2.75, 3.05) is 20.6 Å². The maximum absolute atomic E-state index is 10.8. The molecular formula is C6H13N3O3. The fourth-order valence-electron chi connectivity index (χ4n) is 0.443. The van der Waals surface area contributed by atoms with E-state index in [0.29, 0.717) is 0 Å². The number of aliphatic carboxylic acids is 1. The summed E-state index contributed by atoms with van der Waals surface area (Å²) >= 11 is 0. The van der Waals surface area contributed by atoms with E-state index >= 15 is 0 Å². The van der Waals surface area contributed by atoms with Crippen LogP contribution in [0.2, 0.25) is 0 Å². The molecule has 1 unspecified atom stereocenters. The highest BCUT2D eigenvalue weighted by atomic mass is 16.4. The third-order valence-corrected chi connectivity index (χ3v) is 1.20. The molecule has 0 aliphatic carbocycles. The van der Waals surface area contributed by atoms with Crippen molar-refractivity contribution in [1.82, 2.24) is 10.2 Å². The number of rotatable bonds is 3. The molecule has 0 radical (unpaired) electrons. The van der Waals surface area contributed by atoms with Crippen molar-refractivity contribution < 1.29 is 14.7 Å². The zero-order valence-electron chi connectivity index (χ0n) is 7.07. The van der Waals surface area contributed by atoms with E-state index in [1.165, 1.54) is 4.90 Å². The van der Waals surface area contributed by atoms with E-state index in [1.54, 1.807) is 14.1 Å². The van der Waals surface area contributed by atoms with Gasteiger partial charge in [-0.05, 0) is 0 Å². The predicted molar refractivity (Wildman–Crippen MR) is 42.7 cm³/mol. The van der Waals surface area contributed by atoms with Crippen LogP contribution < -0.4 is 11.1 Å². The van der Waals surface area contributed by atoms with E-state index < -0.39 is 12.0 Å². The zero-order valence-corrected chi connectivity index (χ0v) is 7.07. The first-order valence-electron chi connectivity index (χ1n) is 3.38. The highest BCUT2D eigenvalue weighted by Crippen LogP contribution is 1.79. The van der Waals surface area contributed by atoms with E-state index in [9.17, 15) is 9.59 Å². The van der Waals surface area contributed by atoms with Gasteiger partial charge in [-0.15, -0.1) is 0 Å². The SMILES string of the molecule is CN(C)C(=O)NCC(N)C(=O)O. The van der Waals surface area contributed by atoms with E-state index in [2.05, 4.69) is 5.32 Å². The second-order valence-electron chi connectivity index (χ2n) is 2.53. The van der Waals surface area contributed by atoms with Gasteiger partial charge in [0.2, 0.25) is 0 Å². The third kappa shape index (κ3) is 3.77. The highest BCUT2D eigenvalue weighted by molar-refractivity contribution is 5.77. The lowest BCUT2D eigenvalue weighted by Crippen LogP contribution is -2.45. The molecule has 0 saturated carbocycles. The Labute approximate surface area is 70.3 Å². The van der Waals surface area contributed by atoms with Gasteiger partial charge in [0.05, 0.1) is 0 Å². The van der Waals surface area contributed by atoms with Gasteiger partial charge in [-0.25, -0.2) is 4.79 Å². The summed E-state index contributed by atoms with van der Waals surface area (Å²) in [6, 6.07) is -1.40. The Kier molecular flexibility index (Phi) is 4.06. The summed E-state index contributed by atoms with van der Waals surface area (Å²) in [7, 11) is 3.11. The van der Waals surface area contributed by atoms with E-state index in [0.717, 1.165) is 0 Å². The van der Waals surface area contributed by atoms with Crippen molar-refractivity contribution in [2.24, 2.45) is 5.73 Å². The van der Waals surface area contributed by atoms with Gasteiger partial charge in [-0.2, -0.15) is 0 Å². The van der Waals surface area contributed by atoms with Gasteiger partial charge in [-0.1, -0.05) is 0 Å².